The normalized spacial score (nSPS) is 14.5. The average Bonchev–Trinajstić information content (AvgIpc) is 3.49. The first-order valence-electron chi connectivity index (χ1n) is 13.3. The Bertz CT molecular complexity index is 1500. The van der Waals surface area contributed by atoms with E-state index in [0.717, 1.165) is 10.1 Å². The summed E-state index contributed by atoms with van der Waals surface area (Å²) >= 11 is 14.3. The van der Waals surface area contributed by atoms with Crippen molar-refractivity contribution in [1.82, 2.24) is 15.5 Å². The number of amides is 3. The number of esters is 1. The van der Waals surface area contributed by atoms with E-state index in [-0.39, 0.29) is 30.7 Å². The number of piperidine rings is 1. The number of para-hydroxylation sites is 1. The fourth-order valence-corrected chi connectivity index (χ4v) is 6.18. The van der Waals surface area contributed by atoms with Crippen LogP contribution in [0.25, 0.3) is 16.2 Å². The minimum Gasteiger partial charge on any atom is -0.496 e. The molecule has 0 radical (unpaired) electrons. The summed E-state index contributed by atoms with van der Waals surface area (Å²) < 4.78 is 10.9. The number of fused-ring (bicyclic) bond motifs is 1. The van der Waals surface area contributed by atoms with Gasteiger partial charge in [0.2, 0.25) is 11.8 Å². The number of likely N-dealkylation sites (tertiary alicyclic amines) is 1. The molecule has 1 fully saturated rings. The van der Waals surface area contributed by atoms with Crippen molar-refractivity contribution in [2.45, 2.75) is 25.3 Å². The van der Waals surface area contributed by atoms with Gasteiger partial charge >= 0.3 is 5.97 Å². The van der Waals surface area contributed by atoms with Crippen LogP contribution in [-0.4, -0.2) is 68.5 Å². The highest BCUT2D eigenvalue weighted by molar-refractivity contribution is 7.18. The number of hydrogen-bond acceptors (Lipinski definition) is 7. The summed E-state index contributed by atoms with van der Waals surface area (Å²) in [4.78, 5) is 52.4. The number of nitrogens with one attached hydrogen (secondary N) is 2. The zero-order valence-corrected chi connectivity index (χ0v) is 25.5. The van der Waals surface area contributed by atoms with Gasteiger partial charge in [-0.05, 0) is 59.5 Å². The largest absolute Gasteiger partial charge is 0.496 e. The van der Waals surface area contributed by atoms with Gasteiger partial charge in [0, 0.05) is 31.6 Å². The summed E-state index contributed by atoms with van der Waals surface area (Å²) in [5, 5.41) is 9.38. The van der Waals surface area contributed by atoms with Crippen LogP contribution in [0.15, 0.2) is 47.9 Å². The molecule has 3 aromatic rings. The first kappa shape index (κ1) is 31.3. The van der Waals surface area contributed by atoms with Crippen molar-refractivity contribution < 1.29 is 28.7 Å². The second kappa shape index (κ2) is 14.5. The molecular formula is C30H31Cl2N3O6S. The number of halogens is 2. The molecule has 1 aliphatic rings. The van der Waals surface area contributed by atoms with Crippen molar-refractivity contribution in [2.24, 2.45) is 5.92 Å². The third-order valence-corrected chi connectivity index (χ3v) is 9.02. The van der Waals surface area contributed by atoms with Gasteiger partial charge in [-0.25, -0.2) is 0 Å². The molecule has 12 heteroatoms. The molecular weight excluding hydrogens is 601 g/mol. The number of methoxy groups -OCH3 is 2. The lowest BCUT2D eigenvalue weighted by Gasteiger charge is -2.31. The quantitative estimate of drug-likeness (QED) is 0.242. The SMILES string of the molecule is COC(=O)CC(CNC(=O)c1ccccc1OC)NC(=O)C1CCN(C(=O)C=Cc2cc3ccsc3c(Cl)c2Cl)CC1. The molecule has 0 spiro atoms. The lowest BCUT2D eigenvalue weighted by Crippen LogP contribution is -2.49. The predicted molar refractivity (Wildman–Crippen MR) is 164 cm³/mol. The maximum Gasteiger partial charge on any atom is 0.307 e. The molecule has 0 bridgehead atoms. The summed E-state index contributed by atoms with van der Waals surface area (Å²) in [5.41, 5.74) is 0.997. The maximum atomic E-state index is 13.1. The van der Waals surface area contributed by atoms with Crippen LogP contribution >= 0.6 is 34.5 Å². The fraction of sp³-hybridized carbons (Fsp3) is 0.333. The molecule has 1 aliphatic heterocycles. The first-order valence-corrected chi connectivity index (χ1v) is 15.0. The summed E-state index contributed by atoms with van der Waals surface area (Å²) in [6.45, 7) is 0.806. The highest BCUT2D eigenvalue weighted by atomic mass is 35.5. The monoisotopic (exact) mass is 631 g/mol. The van der Waals surface area contributed by atoms with Gasteiger partial charge in [-0.2, -0.15) is 0 Å². The van der Waals surface area contributed by atoms with Crippen LogP contribution in [0.2, 0.25) is 10.0 Å². The van der Waals surface area contributed by atoms with Gasteiger partial charge < -0.3 is 25.0 Å². The van der Waals surface area contributed by atoms with Crippen molar-refractivity contribution in [2.75, 3.05) is 33.9 Å². The Balaban J connectivity index is 1.31. The molecule has 4 rings (SSSR count). The zero-order valence-electron chi connectivity index (χ0n) is 23.2. The Labute approximate surface area is 257 Å². The van der Waals surface area contributed by atoms with Gasteiger partial charge in [0.1, 0.15) is 5.75 Å². The van der Waals surface area contributed by atoms with Gasteiger partial charge in [0.15, 0.2) is 0 Å². The second-order valence-corrected chi connectivity index (χ2v) is 11.4. The van der Waals surface area contributed by atoms with E-state index in [1.165, 1.54) is 31.6 Å². The molecule has 2 aromatic carbocycles. The van der Waals surface area contributed by atoms with Crippen LogP contribution in [0, 0.1) is 5.92 Å². The van der Waals surface area contributed by atoms with Crippen molar-refractivity contribution in [3.05, 3.63) is 69.0 Å². The molecule has 1 aromatic heterocycles. The molecule has 42 heavy (non-hydrogen) atoms. The minimum absolute atomic E-state index is 0.0175. The molecule has 2 heterocycles. The Hall–Kier alpha value is -3.60. The van der Waals surface area contributed by atoms with Gasteiger partial charge in [-0.15, -0.1) is 11.3 Å². The summed E-state index contributed by atoms with van der Waals surface area (Å²) in [5.74, 6) is -1.28. The van der Waals surface area contributed by atoms with Crippen molar-refractivity contribution in [3.8, 4) is 5.75 Å². The number of rotatable bonds is 10. The minimum atomic E-state index is -0.677. The summed E-state index contributed by atoms with van der Waals surface area (Å²) in [6.07, 6.45) is 3.92. The van der Waals surface area contributed by atoms with Gasteiger partial charge in [-0.1, -0.05) is 35.3 Å². The molecule has 1 atom stereocenters. The third kappa shape index (κ3) is 7.61. The molecule has 0 saturated carbocycles. The molecule has 0 aliphatic carbocycles. The number of nitrogens with zero attached hydrogens (tertiary/aromatic N) is 1. The fourth-order valence-electron chi connectivity index (χ4n) is 4.74. The number of carbonyl (C=O) groups is 4. The molecule has 1 saturated heterocycles. The van der Waals surface area contributed by atoms with Crippen LogP contribution in [0.4, 0.5) is 0 Å². The van der Waals surface area contributed by atoms with E-state index in [1.807, 2.05) is 17.5 Å². The van der Waals surface area contributed by atoms with E-state index in [4.69, 9.17) is 32.7 Å². The summed E-state index contributed by atoms with van der Waals surface area (Å²) in [6, 6.07) is 9.92. The summed E-state index contributed by atoms with van der Waals surface area (Å²) in [7, 11) is 2.73. The van der Waals surface area contributed by atoms with E-state index >= 15 is 0 Å². The topological polar surface area (TPSA) is 114 Å². The van der Waals surface area contributed by atoms with E-state index in [2.05, 4.69) is 10.6 Å². The number of carbonyl (C=O) groups excluding carboxylic acids is 4. The predicted octanol–water partition coefficient (Wildman–Crippen LogP) is 4.95. The lowest BCUT2D eigenvalue weighted by atomic mass is 9.95. The van der Waals surface area contributed by atoms with Crippen LogP contribution < -0.4 is 15.4 Å². The highest BCUT2D eigenvalue weighted by Crippen LogP contribution is 2.37. The van der Waals surface area contributed by atoms with E-state index in [0.29, 0.717) is 52.9 Å². The Morgan fingerprint density at radius 3 is 2.55 bits per heavy atom. The standard InChI is InChI=1S/C30H31Cl2N3O6S/c1-40-23-6-4-3-5-22(23)30(39)33-17-21(16-25(37)41-2)34-29(38)18-9-12-35(13-10-18)24(36)8-7-19-15-20-11-14-42-28(20)27(32)26(19)31/h3-8,11,14-15,18,21H,9-10,12-13,16-17H2,1-2H3,(H,33,39)(H,34,38). The Morgan fingerprint density at radius 2 is 1.83 bits per heavy atom. The zero-order chi connectivity index (χ0) is 30.2. The van der Waals surface area contributed by atoms with Gasteiger partial charge in [-0.3, -0.25) is 19.2 Å². The third-order valence-electron chi connectivity index (χ3n) is 7.08. The molecule has 222 valence electrons. The number of benzene rings is 2. The highest BCUT2D eigenvalue weighted by Gasteiger charge is 2.29. The number of thiophene rings is 1. The molecule has 3 amide bonds. The van der Waals surface area contributed by atoms with Gasteiger partial charge in [0.05, 0.1) is 47.0 Å². The Morgan fingerprint density at radius 1 is 1.10 bits per heavy atom. The number of ether oxygens (including phenoxy) is 2. The number of hydrogen-bond donors (Lipinski definition) is 2. The van der Waals surface area contributed by atoms with E-state index in [1.54, 1.807) is 35.2 Å². The smallest absolute Gasteiger partial charge is 0.307 e. The second-order valence-electron chi connectivity index (χ2n) is 9.76. The molecule has 9 nitrogen and oxygen atoms in total. The van der Waals surface area contributed by atoms with E-state index < -0.39 is 17.9 Å². The van der Waals surface area contributed by atoms with Crippen LogP contribution in [0.5, 0.6) is 5.75 Å². The van der Waals surface area contributed by atoms with Crippen LogP contribution in [0.3, 0.4) is 0 Å². The first-order chi connectivity index (χ1) is 20.2. The molecule has 1 unspecified atom stereocenters. The maximum absolute atomic E-state index is 13.1. The van der Waals surface area contributed by atoms with E-state index in [9.17, 15) is 19.2 Å². The lowest BCUT2D eigenvalue weighted by molar-refractivity contribution is -0.141. The van der Waals surface area contributed by atoms with Crippen LogP contribution in [-0.2, 0) is 19.1 Å². The van der Waals surface area contributed by atoms with Crippen molar-refractivity contribution in [3.63, 3.8) is 0 Å². The van der Waals surface area contributed by atoms with Gasteiger partial charge in [0.25, 0.3) is 5.91 Å². The Kier molecular flexibility index (Phi) is 10.8. The van der Waals surface area contributed by atoms with Crippen molar-refractivity contribution >= 4 is 74.4 Å². The van der Waals surface area contributed by atoms with Crippen LogP contribution in [0.1, 0.15) is 35.2 Å². The van der Waals surface area contributed by atoms with Crippen molar-refractivity contribution in [1.29, 1.82) is 0 Å². The average molecular weight is 633 g/mol. The molecule has 2 N–H and O–H groups in total.